The molecular weight excluding hydrogens is 204 g/mol. The van der Waals surface area contributed by atoms with Crippen molar-refractivity contribution in [3.05, 3.63) is 24.0 Å². The maximum atomic E-state index is 11.8. The number of aliphatic hydroxyl groups excluding tert-OH is 1. The third-order valence-electron chi connectivity index (χ3n) is 3.08. The van der Waals surface area contributed by atoms with Crippen LogP contribution >= 0.6 is 0 Å². The van der Waals surface area contributed by atoms with Crippen LogP contribution in [0.2, 0.25) is 0 Å². The molecule has 0 saturated heterocycles. The van der Waals surface area contributed by atoms with Gasteiger partial charge in [-0.15, -0.1) is 0 Å². The fourth-order valence-electron chi connectivity index (χ4n) is 1.73. The van der Waals surface area contributed by atoms with E-state index < -0.39 is 0 Å². The zero-order valence-electron chi connectivity index (χ0n) is 9.31. The Morgan fingerprint density at radius 1 is 1.69 bits per heavy atom. The van der Waals surface area contributed by atoms with Gasteiger partial charge in [0.05, 0.1) is 18.5 Å². The van der Waals surface area contributed by atoms with Crippen LogP contribution in [0.4, 0.5) is 5.69 Å². The molecule has 1 aromatic heterocycles. The SMILES string of the molecule is CC(C(=O)Nc1cnccc1CO)C1CC1. The molecule has 0 radical (unpaired) electrons. The molecule has 1 atom stereocenters. The molecule has 1 aliphatic rings. The highest BCUT2D eigenvalue weighted by atomic mass is 16.3. The molecule has 2 rings (SSSR count). The standard InChI is InChI=1S/C12H16N2O2/c1-8(9-2-3-9)12(16)14-11-6-13-5-4-10(11)7-15/h4-6,8-9,15H,2-3,7H2,1H3,(H,14,16). The molecule has 86 valence electrons. The molecule has 4 heteroatoms. The molecule has 4 nitrogen and oxygen atoms in total. The van der Waals surface area contributed by atoms with Crippen molar-refractivity contribution < 1.29 is 9.90 Å². The van der Waals surface area contributed by atoms with Crippen LogP contribution in [0.3, 0.4) is 0 Å². The number of aliphatic hydroxyl groups is 1. The van der Waals surface area contributed by atoms with Gasteiger partial charge in [-0.1, -0.05) is 6.92 Å². The molecule has 1 unspecified atom stereocenters. The summed E-state index contributed by atoms with van der Waals surface area (Å²) in [6.07, 6.45) is 5.47. The number of anilines is 1. The van der Waals surface area contributed by atoms with Crippen molar-refractivity contribution in [3.63, 3.8) is 0 Å². The first-order valence-electron chi connectivity index (χ1n) is 5.57. The fourth-order valence-corrected chi connectivity index (χ4v) is 1.73. The molecule has 0 aromatic carbocycles. The van der Waals surface area contributed by atoms with Crippen LogP contribution in [0.15, 0.2) is 18.5 Å². The predicted molar refractivity (Wildman–Crippen MR) is 60.7 cm³/mol. The molecule has 0 spiro atoms. The topological polar surface area (TPSA) is 62.2 Å². The minimum atomic E-state index is -0.0874. The second-order valence-corrected chi connectivity index (χ2v) is 4.31. The first-order valence-corrected chi connectivity index (χ1v) is 5.57. The van der Waals surface area contributed by atoms with Crippen molar-refractivity contribution in [2.24, 2.45) is 11.8 Å². The van der Waals surface area contributed by atoms with Gasteiger partial charge in [-0.2, -0.15) is 0 Å². The van der Waals surface area contributed by atoms with Crippen LogP contribution in [0, 0.1) is 11.8 Å². The van der Waals surface area contributed by atoms with E-state index in [2.05, 4.69) is 10.3 Å². The van der Waals surface area contributed by atoms with Gasteiger partial charge in [-0.05, 0) is 24.8 Å². The van der Waals surface area contributed by atoms with Gasteiger partial charge in [-0.3, -0.25) is 9.78 Å². The van der Waals surface area contributed by atoms with E-state index in [1.807, 2.05) is 6.92 Å². The Morgan fingerprint density at radius 2 is 2.44 bits per heavy atom. The van der Waals surface area contributed by atoms with E-state index in [0.29, 0.717) is 17.2 Å². The van der Waals surface area contributed by atoms with E-state index in [9.17, 15) is 4.79 Å². The quantitative estimate of drug-likeness (QED) is 0.809. The van der Waals surface area contributed by atoms with Crippen LogP contribution in [-0.4, -0.2) is 16.0 Å². The average Bonchev–Trinajstić information content (AvgIpc) is 3.12. The summed E-state index contributed by atoms with van der Waals surface area (Å²) in [4.78, 5) is 15.8. The van der Waals surface area contributed by atoms with E-state index in [1.54, 1.807) is 18.5 Å². The Bertz CT molecular complexity index is 388. The number of amides is 1. The lowest BCUT2D eigenvalue weighted by Gasteiger charge is -2.12. The molecule has 1 saturated carbocycles. The zero-order valence-corrected chi connectivity index (χ0v) is 9.31. The van der Waals surface area contributed by atoms with Gasteiger partial charge in [0.2, 0.25) is 5.91 Å². The second kappa shape index (κ2) is 4.61. The smallest absolute Gasteiger partial charge is 0.227 e. The number of aromatic nitrogens is 1. The molecule has 0 aliphatic heterocycles. The zero-order chi connectivity index (χ0) is 11.5. The third kappa shape index (κ3) is 2.39. The lowest BCUT2D eigenvalue weighted by atomic mass is 10.1. The Labute approximate surface area is 94.7 Å². The molecule has 1 aromatic rings. The number of nitrogens with one attached hydrogen (secondary N) is 1. The van der Waals surface area contributed by atoms with Crippen molar-refractivity contribution in [2.75, 3.05) is 5.32 Å². The van der Waals surface area contributed by atoms with E-state index in [-0.39, 0.29) is 18.4 Å². The van der Waals surface area contributed by atoms with Gasteiger partial charge < -0.3 is 10.4 Å². The molecule has 1 heterocycles. The summed E-state index contributed by atoms with van der Waals surface area (Å²) in [5.41, 5.74) is 1.31. The van der Waals surface area contributed by atoms with Gasteiger partial charge in [0.25, 0.3) is 0 Å². The Hall–Kier alpha value is -1.42. The predicted octanol–water partition coefficient (Wildman–Crippen LogP) is 1.56. The number of hydrogen-bond donors (Lipinski definition) is 2. The van der Waals surface area contributed by atoms with Crippen molar-refractivity contribution in [3.8, 4) is 0 Å². The number of rotatable bonds is 4. The fraction of sp³-hybridized carbons (Fsp3) is 0.500. The van der Waals surface area contributed by atoms with Crippen molar-refractivity contribution in [2.45, 2.75) is 26.4 Å². The maximum absolute atomic E-state index is 11.8. The van der Waals surface area contributed by atoms with Gasteiger partial charge >= 0.3 is 0 Å². The minimum absolute atomic E-state index is 0.0187. The van der Waals surface area contributed by atoms with Gasteiger partial charge in [0, 0.05) is 17.7 Å². The van der Waals surface area contributed by atoms with Crippen molar-refractivity contribution in [1.29, 1.82) is 0 Å². The summed E-state index contributed by atoms with van der Waals surface area (Å²) in [6, 6.07) is 1.71. The molecule has 0 bridgehead atoms. The molecule has 1 amide bonds. The summed E-state index contributed by atoms with van der Waals surface area (Å²) in [5.74, 6) is 0.603. The molecule has 16 heavy (non-hydrogen) atoms. The van der Waals surface area contributed by atoms with Crippen LogP contribution in [0.1, 0.15) is 25.3 Å². The minimum Gasteiger partial charge on any atom is -0.392 e. The lowest BCUT2D eigenvalue weighted by molar-refractivity contribution is -0.119. The van der Waals surface area contributed by atoms with Gasteiger partial charge in [-0.25, -0.2) is 0 Å². The molecular formula is C12H16N2O2. The molecule has 1 aliphatic carbocycles. The highest BCUT2D eigenvalue weighted by Crippen LogP contribution is 2.37. The second-order valence-electron chi connectivity index (χ2n) is 4.31. The van der Waals surface area contributed by atoms with E-state index >= 15 is 0 Å². The normalized spacial score (nSPS) is 16.9. The summed E-state index contributed by atoms with van der Waals surface area (Å²) in [5, 5.41) is 11.9. The molecule has 2 N–H and O–H groups in total. The van der Waals surface area contributed by atoms with Crippen molar-refractivity contribution >= 4 is 11.6 Å². The number of carbonyl (C=O) groups excluding carboxylic acids is 1. The Kier molecular flexibility index (Phi) is 3.19. The number of hydrogen-bond acceptors (Lipinski definition) is 3. The average molecular weight is 220 g/mol. The highest BCUT2D eigenvalue weighted by Gasteiger charge is 2.32. The van der Waals surface area contributed by atoms with Crippen LogP contribution < -0.4 is 5.32 Å². The van der Waals surface area contributed by atoms with E-state index in [4.69, 9.17) is 5.11 Å². The van der Waals surface area contributed by atoms with Crippen LogP contribution in [0.5, 0.6) is 0 Å². The van der Waals surface area contributed by atoms with E-state index in [0.717, 1.165) is 12.8 Å². The van der Waals surface area contributed by atoms with Crippen LogP contribution in [-0.2, 0) is 11.4 Å². The summed E-state index contributed by atoms with van der Waals surface area (Å²) < 4.78 is 0. The lowest BCUT2D eigenvalue weighted by Crippen LogP contribution is -2.22. The van der Waals surface area contributed by atoms with Gasteiger partial charge in [0.15, 0.2) is 0 Å². The summed E-state index contributed by atoms with van der Waals surface area (Å²) in [7, 11) is 0. The first-order chi connectivity index (χ1) is 7.72. The van der Waals surface area contributed by atoms with Crippen molar-refractivity contribution in [1.82, 2.24) is 4.98 Å². The summed E-state index contributed by atoms with van der Waals surface area (Å²) in [6.45, 7) is 1.86. The largest absolute Gasteiger partial charge is 0.392 e. The number of pyridine rings is 1. The monoisotopic (exact) mass is 220 g/mol. The Morgan fingerprint density at radius 3 is 3.06 bits per heavy atom. The number of carbonyl (C=O) groups is 1. The third-order valence-corrected chi connectivity index (χ3v) is 3.08. The first kappa shape index (κ1) is 11.1. The van der Waals surface area contributed by atoms with Crippen LogP contribution in [0.25, 0.3) is 0 Å². The Balaban J connectivity index is 2.04. The highest BCUT2D eigenvalue weighted by molar-refractivity contribution is 5.93. The number of nitrogens with zero attached hydrogens (tertiary/aromatic N) is 1. The molecule has 1 fully saturated rings. The van der Waals surface area contributed by atoms with E-state index in [1.165, 1.54) is 0 Å². The maximum Gasteiger partial charge on any atom is 0.227 e. The summed E-state index contributed by atoms with van der Waals surface area (Å²) >= 11 is 0. The van der Waals surface area contributed by atoms with Gasteiger partial charge in [0.1, 0.15) is 0 Å².